The summed E-state index contributed by atoms with van der Waals surface area (Å²) >= 11 is 0. The number of unbranched alkanes of at least 4 members (excludes halogenated alkanes) is 6. The van der Waals surface area contributed by atoms with Crippen molar-refractivity contribution in [1.82, 2.24) is 0 Å². The van der Waals surface area contributed by atoms with Crippen LogP contribution < -0.4 is 0 Å². The molecule has 0 atom stereocenters. The van der Waals surface area contributed by atoms with Gasteiger partial charge in [0.2, 0.25) is 0 Å². The maximum Gasteiger partial charge on any atom is 0.138 e. The molecule has 0 amide bonds. The van der Waals surface area contributed by atoms with E-state index in [1.807, 2.05) is 0 Å². The van der Waals surface area contributed by atoms with E-state index < -0.39 is 16.1 Å². The molecule has 2 heteroatoms. The van der Waals surface area contributed by atoms with Gasteiger partial charge in [0.05, 0.1) is 0 Å². The van der Waals surface area contributed by atoms with Crippen molar-refractivity contribution in [2.24, 2.45) is 0 Å². The molecule has 246 valence electrons. The van der Waals surface area contributed by atoms with Gasteiger partial charge in [0.15, 0.2) is 0 Å². The molecule has 0 bridgehead atoms. The lowest BCUT2D eigenvalue weighted by atomic mass is 9.90. The summed E-state index contributed by atoms with van der Waals surface area (Å²) in [6.07, 6.45) is 15.6. The first kappa shape index (κ1) is 36.3. The van der Waals surface area contributed by atoms with E-state index in [9.17, 15) is 0 Å². The summed E-state index contributed by atoms with van der Waals surface area (Å²) in [5, 5.41) is 8.09. The average molecular weight is 647 g/mol. The first-order valence-electron chi connectivity index (χ1n) is 19.3. The van der Waals surface area contributed by atoms with Crippen LogP contribution >= 0.6 is 0 Å². The van der Waals surface area contributed by atoms with E-state index in [-0.39, 0.29) is 0 Å². The fraction of sp³-hybridized carbons (Fsp3) is 0.545. The minimum Gasteiger partial charge on any atom is -0.126 e. The Morgan fingerprint density at radius 3 is 0.957 bits per heavy atom. The molecule has 0 aliphatic rings. The molecular weight excluding hydrogens is 585 g/mol. The van der Waals surface area contributed by atoms with Crippen molar-refractivity contribution in [3.63, 3.8) is 0 Å². The van der Waals surface area contributed by atoms with Gasteiger partial charge in [0.25, 0.3) is 0 Å². The largest absolute Gasteiger partial charge is 0.138 e. The number of rotatable bonds is 18. The van der Waals surface area contributed by atoms with Crippen LogP contribution in [0.15, 0.2) is 48.5 Å². The lowest BCUT2D eigenvalue weighted by Gasteiger charge is -2.26. The Balaban J connectivity index is 1.85. The van der Waals surface area contributed by atoms with Crippen LogP contribution in [0.1, 0.15) is 130 Å². The van der Waals surface area contributed by atoms with Crippen LogP contribution in [0.5, 0.6) is 0 Å². The Kier molecular flexibility index (Phi) is 14.3. The van der Waals surface area contributed by atoms with Gasteiger partial charge in [0, 0.05) is 11.1 Å². The highest BCUT2D eigenvalue weighted by atomic mass is 28.3. The topological polar surface area (TPSA) is 0 Å². The van der Waals surface area contributed by atoms with E-state index in [1.165, 1.54) is 157 Å². The van der Waals surface area contributed by atoms with Crippen LogP contribution in [-0.2, 0) is 0 Å². The highest BCUT2D eigenvalue weighted by Crippen LogP contribution is 2.38. The Morgan fingerprint density at radius 1 is 0.391 bits per heavy atom. The minimum absolute atomic E-state index is 1.23. The van der Waals surface area contributed by atoms with Crippen LogP contribution in [-0.4, -0.2) is 16.1 Å². The third-order valence-corrected chi connectivity index (χ3v) is 19.8. The quantitative estimate of drug-likeness (QED) is 0.0573. The summed E-state index contributed by atoms with van der Waals surface area (Å²) in [4.78, 5) is 0. The Bertz CT molecular complexity index is 1470. The standard InChI is InChI=1S/C44H62Si2/c1-7-13-29-45(30-14-8-2,31-15-9-3)35-27-37-19-21-39-24-26-42-38(20-22-40-23-25-41(37)43(39)44(40)42)28-36-46(32-16-10-4,33-17-11-5)34-18-12-6/h19-26H,7-18,29-34H2,1-6H3. The maximum absolute atomic E-state index is 4.10. The van der Waals surface area contributed by atoms with E-state index >= 15 is 0 Å². The van der Waals surface area contributed by atoms with Crippen molar-refractivity contribution in [3.8, 4) is 22.9 Å². The summed E-state index contributed by atoms with van der Waals surface area (Å²) < 4.78 is 0. The predicted octanol–water partition coefficient (Wildman–Crippen LogP) is 14.1. The van der Waals surface area contributed by atoms with Crippen LogP contribution in [0, 0.1) is 22.9 Å². The second-order valence-electron chi connectivity index (χ2n) is 14.3. The molecule has 0 nitrogen and oxygen atoms in total. The molecule has 0 fully saturated rings. The summed E-state index contributed by atoms with van der Waals surface area (Å²) in [5.41, 5.74) is 10.6. The summed E-state index contributed by atoms with van der Waals surface area (Å²) in [6.45, 7) is 14.1. The van der Waals surface area contributed by atoms with Crippen molar-refractivity contribution in [2.45, 2.75) is 155 Å². The van der Waals surface area contributed by atoms with Crippen LogP contribution in [0.3, 0.4) is 0 Å². The summed E-state index contributed by atoms with van der Waals surface area (Å²) in [5.74, 6) is 7.75. The highest BCUT2D eigenvalue weighted by molar-refractivity contribution is 6.87. The number of hydrogen-bond donors (Lipinski definition) is 0. The molecule has 46 heavy (non-hydrogen) atoms. The van der Waals surface area contributed by atoms with Gasteiger partial charge in [-0.05, 0) is 80.7 Å². The normalized spacial score (nSPS) is 12.0. The number of hydrogen-bond acceptors (Lipinski definition) is 0. The summed E-state index contributed by atoms with van der Waals surface area (Å²) in [6, 6.07) is 26.8. The molecule has 4 aromatic rings. The summed E-state index contributed by atoms with van der Waals surface area (Å²) in [7, 11) is -3.30. The van der Waals surface area contributed by atoms with Crippen molar-refractivity contribution >= 4 is 48.5 Å². The fourth-order valence-corrected chi connectivity index (χ4v) is 16.9. The molecule has 4 aromatic carbocycles. The van der Waals surface area contributed by atoms with Gasteiger partial charge >= 0.3 is 0 Å². The van der Waals surface area contributed by atoms with Crippen LogP contribution in [0.2, 0.25) is 36.3 Å². The second-order valence-corrected chi connectivity index (χ2v) is 23.0. The molecule has 0 aliphatic heterocycles. The van der Waals surface area contributed by atoms with Crippen molar-refractivity contribution in [1.29, 1.82) is 0 Å². The maximum atomic E-state index is 4.10. The van der Waals surface area contributed by atoms with E-state index in [2.05, 4.69) is 113 Å². The minimum atomic E-state index is -1.65. The van der Waals surface area contributed by atoms with E-state index in [1.54, 1.807) is 0 Å². The molecule has 0 N–H and O–H groups in total. The monoisotopic (exact) mass is 646 g/mol. The molecule has 0 heterocycles. The Hall–Kier alpha value is -2.53. The first-order valence-corrected chi connectivity index (χ1v) is 24.5. The van der Waals surface area contributed by atoms with Gasteiger partial charge < -0.3 is 0 Å². The molecular formula is C44H62Si2. The SMILES string of the molecule is CCCC[Si](C#Cc1ccc2ccc3c(C#C[Si](CCCC)(CCCC)CCCC)ccc4ccc1c2c43)(CCCC)CCCC. The molecule has 4 rings (SSSR count). The van der Waals surface area contributed by atoms with Gasteiger partial charge in [0.1, 0.15) is 16.1 Å². The fourth-order valence-electron chi connectivity index (χ4n) is 7.63. The lowest BCUT2D eigenvalue weighted by molar-refractivity contribution is 0.802. The van der Waals surface area contributed by atoms with Gasteiger partial charge in [-0.25, -0.2) is 0 Å². The van der Waals surface area contributed by atoms with Gasteiger partial charge in [-0.15, -0.1) is 11.1 Å². The van der Waals surface area contributed by atoms with Gasteiger partial charge in [-0.2, -0.15) is 0 Å². The van der Waals surface area contributed by atoms with E-state index in [0.717, 1.165) is 0 Å². The molecule has 0 saturated carbocycles. The van der Waals surface area contributed by atoms with Crippen molar-refractivity contribution in [2.75, 3.05) is 0 Å². The Morgan fingerprint density at radius 2 is 0.674 bits per heavy atom. The van der Waals surface area contributed by atoms with Crippen molar-refractivity contribution in [3.05, 3.63) is 59.7 Å². The zero-order valence-electron chi connectivity index (χ0n) is 30.3. The average Bonchev–Trinajstić information content (AvgIpc) is 3.09. The first-order chi connectivity index (χ1) is 22.5. The second kappa shape index (κ2) is 18.1. The number of benzene rings is 4. The highest BCUT2D eigenvalue weighted by Gasteiger charge is 2.30. The zero-order valence-corrected chi connectivity index (χ0v) is 32.3. The van der Waals surface area contributed by atoms with E-state index in [0.29, 0.717) is 0 Å². The third-order valence-electron chi connectivity index (χ3n) is 10.6. The molecule has 0 saturated heterocycles. The van der Waals surface area contributed by atoms with E-state index in [4.69, 9.17) is 0 Å². The van der Waals surface area contributed by atoms with Crippen molar-refractivity contribution < 1.29 is 0 Å². The molecule has 0 radical (unpaired) electrons. The Labute approximate surface area is 284 Å². The smallest absolute Gasteiger partial charge is 0.126 e. The van der Waals surface area contributed by atoms with Crippen LogP contribution in [0.25, 0.3) is 32.3 Å². The molecule has 0 unspecified atom stereocenters. The van der Waals surface area contributed by atoms with Gasteiger partial charge in [-0.3, -0.25) is 0 Å². The third kappa shape index (κ3) is 8.88. The molecule has 0 aromatic heterocycles. The lowest BCUT2D eigenvalue weighted by Crippen LogP contribution is -2.32. The zero-order chi connectivity index (χ0) is 32.8. The molecule has 0 spiro atoms. The van der Waals surface area contributed by atoms with Crippen LogP contribution in [0.4, 0.5) is 0 Å². The predicted molar refractivity (Wildman–Crippen MR) is 214 cm³/mol. The van der Waals surface area contributed by atoms with Gasteiger partial charge in [-0.1, -0.05) is 167 Å². The molecule has 0 aliphatic carbocycles.